The standard InChI is InChI=1S/C33H19N3S/c1-2-12-24-21(9-1)22-10-3-6-14-27(22)34-32(24)33-35-28-15-7-4-13-25(28)31(36-33)20-17-18-30-26(19-20)23-11-5-8-16-29(23)37-30/h1-19H. The number of rotatable bonds is 2. The molecule has 3 aromatic heterocycles. The topological polar surface area (TPSA) is 38.7 Å². The van der Waals surface area contributed by atoms with Gasteiger partial charge in [-0.3, -0.25) is 0 Å². The van der Waals surface area contributed by atoms with Crippen LogP contribution in [0.4, 0.5) is 0 Å². The maximum Gasteiger partial charge on any atom is 0.179 e. The van der Waals surface area contributed by atoms with Crippen LogP contribution in [0.2, 0.25) is 0 Å². The first kappa shape index (κ1) is 20.5. The zero-order valence-electron chi connectivity index (χ0n) is 19.7. The molecule has 0 N–H and O–H groups in total. The van der Waals surface area contributed by atoms with E-state index in [2.05, 4.69) is 103 Å². The summed E-state index contributed by atoms with van der Waals surface area (Å²) in [5, 5.41) is 6.93. The van der Waals surface area contributed by atoms with E-state index < -0.39 is 0 Å². The Kier molecular flexibility index (Phi) is 4.39. The van der Waals surface area contributed by atoms with Crippen LogP contribution in [0.1, 0.15) is 0 Å². The van der Waals surface area contributed by atoms with E-state index in [0.717, 1.165) is 49.5 Å². The smallest absolute Gasteiger partial charge is 0.179 e. The molecule has 3 nitrogen and oxygen atoms in total. The second-order valence-electron chi connectivity index (χ2n) is 9.25. The van der Waals surface area contributed by atoms with Crippen LogP contribution in [0.25, 0.3) is 75.5 Å². The van der Waals surface area contributed by atoms with Crippen LogP contribution in [0.15, 0.2) is 115 Å². The molecule has 0 aliphatic rings. The number of thiophene rings is 1. The fourth-order valence-electron chi connectivity index (χ4n) is 5.35. The molecule has 3 heterocycles. The summed E-state index contributed by atoms with van der Waals surface area (Å²) in [5.41, 5.74) is 4.68. The van der Waals surface area contributed by atoms with E-state index in [-0.39, 0.29) is 0 Å². The Morgan fingerprint density at radius 1 is 0.405 bits per heavy atom. The van der Waals surface area contributed by atoms with Gasteiger partial charge in [-0.1, -0.05) is 84.9 Å². The second-order valence-corrected chi connectivity index (χ2v) is 10.3. The van der Waals surface area contributed by atoms with Crippen molar-refractivity contribution in [1.29, 1.82) is 0 Å². The molecule has 0 bridgehead atoms. The van der Waals surface area contributed by atoms with E-state index in [9.17, 15) is 0 Å². The van der Waals surface area contributed by atoms with Gasteiger partial charge >= 0.3 is 0 Å². The second kappa shape index (κ2) is 7.92. The van der Waals surface area contributed by atoms with E-state index in [1.54, 1.807) is 0 Å². The number of fused-ring (bicyclic) bond motifs is 7. The zero-order valence-corrected chi connectivity index (χ0v) is 20.5. The van der Waals surface area contributed by atoms with E-state index in [0.29, 0.717) is 5.82 Å². The van der Waals surface area contributed by atoms with Crippen molar-refractivity contribution < 1.29 is 0 Å². The van der Waals surface area contributed by atoms with Crippen LogP contribution in [0.5, 0.6) is 0 Å². The molecule has 0 amide bonds. The van der Waals surface area contributed by atoms with Crippen LogP contribution in [0, 0.1) is 0 Å². The lowest BCUT2D eigenvalue weighted by molar-refractivity contribution is 1.20. The number of para-hydroxylation sites is 2. The van der Waals surface area contributed by atoms with E-state index in [4.69, 9.17) is 15.0 Å². The first-order valence-electron chi connectivity index (χ1n) is 12.3. The van der Waals surface area contributed by atoms with Crippen molar-refractivity contribution >= 4 is 64.1 Å². The Morgan fingerprint density at radius 3 is 1.86 bits per heavy atom. The third-order valence-electron chi connectivity index (χ3n) is 7.07. The van der Waals surface area contributed by atoms with Gasteiger partial charge in [0.15, 0.2) is 5.82 Å². The van der Waals surface area contributed by atoms with Crippen LogP contribution in [-0.4, -0.2) is 15.0 Å². The van der Waals surface area contributed by atoms with Crippen molar-refractivity contribution in [2.45, 2.75) is 0 Å². The molecule has 0 aliphatic heterocycles. The number of hydrogen-bond acceptors (Lipinski definition) is 4. The Balaban J connectivity index is 1.44. The van der Waals surface area contributed by atoms with Crippen LogP contribution >= 0.6 is 11.3 Å². The molecule has 8 rings (SSSR count). The Bertz CT molecular complexity index is 2160. The highest BCUT2D eigenvalue weighted by atomic mass is 32.1. The number of nitrogens with zero attached hydrogens (tertiary/aromatic N) is 3. The summed E-state index contributed by atoms with van der Waals surface area (Å²) >= 11 is 1.83. The summed E-state index contributed by atoms with van der Waals surface area (Å²) < 4.78 is 2.58. The minimum Gasteiger partial charge on any atom is -0.244 e. The number of aromatic nitrogens is 3. The van der Waals surface area contributed by atoms with E-state index in [1.807, 2.05) is 23.5 Å². The zero-order chi connectivity index (χ0) is 24.3. The van der Waals surface area contributed by atoms with Gasteiger partial charge in [-0.05, 0) is 35.7 Å². The Hall–Kier alpha value is -4.67. The quantitative estimate of drug-likeness (QED) is 0.227. The molecule has 0 radical (unpaired) electrons. The number of hydrogen-bond donors (Lipinski definition) is 0. The van der Waals surface area contributed by atoms with Crippen LogP contribution in [0.3, 0.4) is 0 Å². The van der Waals surface area contributed by atoms with Crippen molar-refractivity contribution in [3.05, 3.63) is 115 Å². The lowest BCUT2D eigenvalue weighted by Crippen LogP contribution is -1.98. The van der Waals surface area contributed by atoms with Crippen molar-refractivity contribution in [3.8, 4) is 22.8 Å². The molecule has 0 unspecified atom stereocenters. The maximum atomic E-state index is 5.20. The van der Waals surface area contributed by atoms with Gasteiger partial charge in [0, 0.05) is 41.9 Å². The van der Waals surface area contributed by atoms with Gasteiger partial charge in [-0.15, -0.1) is 11.3 Å². The average molecular weight is 490 g/mol. The molecular formula is C33H19N3S. The third kappa shape index (κ3) is 3.16. The number of benzene rings is 5. The Morgan fingerprint density at radius 2 is 1.03 bits per heavy atom. The summed E-state index contributed by atoms with van der Waals surface area (Å²) in [7, 11) is 0. The predicted octanol–water partition coefficient (Wildman–Crippen LogP) is 9.03. The molecule has 0 spiro atoms. The molecule has 0 atom stereocenters. The molecule has 0 fully saturated rings. The minimum atomic E-state index is 0.644. The van der Waals surface area contributed by atoms with Gasteiger partial charge in [0.25, 0.3) is 0 Å². The van der Waals surface area contributed by atoms with Crippen molar-refractivity contribution in [2.75, 3.05) is 0 Å². The molecule has 0 saturated carbocycles. The minimum absolute atomic E-state index is 0.644. The summed E-state index contributed by atoms with van der Waals surface area (Å²) in [4.78, 5) is 15.3. The van der Waals surface area contributed by atoms with Gasteiger partial charge in [-0.25, -0.2) is 15.0 Å². The van der Waals surface area contributed by atoms with Crippen LogP contribution in [-0.2, 0) is 0 Å². The van der Waals surface area contributed by atoms with Gasteiger partial charge in [0.1, 0.15) is 5.69 Å². The molecule has 0 saturated heterocycles. The first-order chi connectivity index (χ1) is 18.3. The van der Waals surface area contributed by atoms with Gasteiger partial charge in [-0.2, -0.15) is 0 Å². The van der Waals surface area contributed by atoms with Crippen molar-refractivity contribution in [3.63, 3.8) is 0 Å². The summed E-state index contributed by atoms with van der Waals surface area (Å²) in [6.07, 6.45) is 0. The van der Waals surface area contributed by atoms with Gasteiger partial charge < -0.3 is 0 Å². The predicted molar refractivity (Wildman–Crippen MR) is 156 cm³/mol. The molecule has 4 heteroatoms. The largest absolute Gasteiger partial charge is 0.244 e. The monoisotopic (exact) mass is 489 g/mol. The summed E-state index contributed by atoms with van der Waals surface area (Å²) in [5.74, 6) is 0.644. The Labute approximate surface area is 216 Å². The molecule has 8 aromatic rings. The molecule has 172 valence electrons. The summed E-state index contributed by atoms with van der Waals surface area (Å²) in [6, 6.07) is 40.2. The lowest BCUT2D eigenvalue weighted by atomic mass is 10.0. The van der Waals surface area contributed by atoms with Gasteiger partial charge in [0.05, 0.1) is 16.7 Å². The van der Waals surface area contributed by atoms with E-state index in [1.165, 1.54) is 20.2 Å². The highest BCUT2D eigenvalue weighted by Crippen LogP contribution is 2.38. The fourth-order valence-corrected chi connectivity index (χ4v) is 6.44. The lowest BCUT2D eigenvalue weighted by Gasteiger charge is -2.12. The summed E-state index contributed by atoms with van der Waals surface area (Å²) in [6.45, 7) is 0. The highest BCUT2D eigenvalue weighted by Gasteiger charge is 2.17. The highest BCUT2D eigenvalue weighted by molar-refractivity contribution is 7.25. The first-order valence-corrected chi connectivity index (χ1v) is 13.1. The SMILES string of the molecule is c1ccc2c(-c3ccc4sc5ccccc5c4c3)nc(-c3nc4ccccc4c4ccccc34)nc2c1. The van der Waals surface area contributed by atoms with E-state index >= 15 is 0 Å². The normalized spacial score (nSPS) is 11.8. The third-order valence-corrected chi connectivity index (χ3v) is 8.23. The van der Waals surface area contributed by atoms with Gasteiger partial charge in [0.2, 0.25) is 0 Å². The van der Waals surface area contributed by atoms with Crippen molar-refractivity contribution in [1.82, 2.24) is 15.0 Å². The van der Waals surface area contributed by atoms with Crippen molar-refractivity contribution in [2.24, 2.45) is 0 Å². The van der Waals surface area contributed by atoms with Crippen LogP contribution < -0.4 is 0 Å². The maximum absolute atomic E-state index is 5.20. The number of pyridine rings is 1. The fraction of sp³-hybridized carbons (Fsp3) is 0. The molecular weight excluding hydrogens is 470 g/mol. The molecule has 37 heavy (non-hydrogen) atoms. The molecule has 0 aliphatic carbocycles. The average Bonchev–Trinajstić information content (AvgIpc) is 3.34. The molecule has 5 aromatic carbocycles.